The summed E-state index contributed by atoms with van der Waals surface area (Å²) in [6.07, 6.45) is 1.05. The highest BCUT2D eigenvalue weighted by Gasteiger charge is 2.20. The molecule has 0 heterocycles. The van der Waals surface area contributed by atoms with Crippen LogP contribution in [0.15, 0.2) is 66.7 Å². The lowest BCUT2D eigenvalue weighted by Gasteiger charge is -2.23. The quantitative estimate of drug-likeness (QED) is 0.446. The van der Waals surface area contributed by atoms with Crippen molar-refractivity contribution in [3.05, 3.63) is 94.3 Å². The number of aryl methyl sites for hydroxylation is 1. The van der Waals surface area contributed by atoms with Crippen LogP contribution >= 0.6 is 11.6 Å². The van der Waals surface area contributed by atoms with Crippen LogP contribution in [0.2, 0.25) is 5.02 Å². The normalized spacial score (nSPS) is 11.2. The van der Waals surface area contributed by atoms with Gasteiger partial charge in [0.15, 0.2) is 0 Å². The first-order chi connectivity index (χ1) is 15.6. The average molecular weight is 491 g/mol. The maximum atomic E-state index is 14.0. The molecule has 174 valence electrons. The van der Waals surface area contributed by atoms with Gasteiger partial charge in [0.05, 0.1) is 25.0 Å². The molecule has 0 aliphatic heterocycles. The topological polar surface area (TPSA) is 75.7 Å². The number of nitrogens with one attached hydrogen (secondary N) is 1. The molecule has 0 saturated heterocycles. The van der Waals surface area contributed by atoms with Crippen LogP contribution in [0.1, 0.15) is 21.5 Å². The van der Waals surface area contributed by atoms with Gasteiger partial charge in [-0.1, -0.05) is 35.9 Å². The third-order valence-corrected chi connectivity index (χ3v) is 6.44. The van der Waals surface area contributed by atoms with Crippen molar-refractivity contribution < 1.29 is 22.3 Å². The Bertz CT molecular complexity index is 1230. The molecule has 1 N–H and O–H groups in total. The standard InChI is InChI=1S/C24H24ClFN2O4S/c1-17-7-12-21(15-22(17)25)32-14-13-27-24(29)18-8-10-20(11-9-18)28(33(2,30)31)16-19-5-3-4-6-23(19)26/h3-12,15H,13-14,16H2,1-2H3,(H,27,29). The number of rotatable bonds is 9. The minimum Gasteiger partial charge on any atom is -0.492 e. The molecule has 6 nitrogen and oxygen atoms in total. The minimum atomic E-state index is -3.68. The van der Waals surface area contributed by atoms with Crippen LogP contribution in [0.5, 0.6) is 5.75 Å². The molecule has 0 aliphatic rings. The molecule has 1 amide bonds. The summed E-state index contributed by atoms with van der Waals surface area (Å²) in [6, 6.07) is 17.4. The van der Waals surface area contributed by atoms with Gasteiger partial charge in [-0.25, -0.2) is 12.8 Å². The Morgan fingerprint density at radius 3 is 2.42 bits per heavy atom. The Morgan fingerprint density at radius 2 is 1.79 bits per heavy atom. The summed E-state index contributed by atoms with van der Waals surface area (Å²) in [4.78, 5) is 12.4. The second kappa shape index (κ2) is 10.7. The summed E-state index contributed by atoms with van der Waals surface area (Å²) in [5.41, 5.74) is 1.89. The van der Waals surface area contributed by atoms with E-state index >= 15 is 0 Å². The van der Waals surface area contributed by atoms with E-state index in [-0.39, 0.29) is 31.2 Å². The summed E-state index contributed by atoms with van der Waals surface area (Å²) in [7, 11) is -3.68. The van der Waals surface area contributed by atoms with Gasteiger partial charge >= 0.3 is 0 Å². The molecule has 3 aromatic rings. The van der Waals surface area contributed by atoms with E-state index in [0.29, 0.717) is 22.0 Å². The van der Waals surface area contributed by atoms with Crippen LogP contribution < -0.4 is 14.4 Å². The highest BCUT2D eigenvalue weighted by Crippen LogP contribution is 2.23. The van der Waals surface area contributed by atoms with Crippen LogP contribution in [-0.2, 0) is 16.6 Å². The fourth-order valence-corrected chi connectivity index (χ4v) is 4.11. The van der Waals surface area contributed by atoms with Gasteiger partial charge in [0.1, 0.15) is 18.2 Å². The molecule has 0 spiro atoms. The lowest BCUT2D eigenvalue weighted by molar-refractivity contribution is 0.0947. The molecule has 33 heavy (non-hydrogen) atoms. The molecule has 3 rings (SSSR count). The Hall–Kier alpha value is -3.10. The maximum absolute atomic E-state index is 14.0. The van der Waals surface area contributed by atoms with Crippen molar-refractivity contribution >= 4 is 33.2 Å². The van der Waals surface area contributed by atoms with Crippen molar-refractivity contribution in [1.82, 2.24) is 5.32 Å². The lowest BCUT2D eigenvalue weighted by Crippen LogP contribution is -2.30. The van der Waals surface area contributed by atoms with Gasteiger partial charge in [0, 0.05) is 16.1 Å². The van der Waals surface area contributed by atoms with Crippen molar-refractivity contribution in [2.24, 2.45) is 0 Å². The van der Waals surface area contributed by atoms with E-state index in [1.54, 1.807) is 18.2 Å². The van der Waals surface area contributed by atoms with Gasteiger partial charge in [-0.2, -0.15) is 0 Å². The van der Waals surface area contributed by atoms with E-state index < -0.39 is 15.8 Å². The smallest absolute Gasteiger partial charge is 0.251 e. The summed E-state index contributed by atoms with van der Waals surface area (Å²) >= 11 is 6.06. The average Bonchev–Trinajstić information content (AvgIpc) is 2.77. The third-order valence-electron chi connectivity index (χ3n) is 4.89. The highest BCUT2D eigenvalue weighted by molar-refractivity contribution is 7.92. The summed E-state index contributed by atoms with van der Waals surface area (Å²) in [5, 5.41) is 3.35. The van der Waals surface area contributed by atoms with Crippen LogP contribution in [0.25, 0.3) is 0 Å². The highest BCUT2D eigenvalue weighted by atomic mass is 35.5. The number of sulfonamides is 1. The molecule has 0 radical (unpaired) electrons. The number of carbonyl (C=O) groups is 1. The fourth-order valence-electron chi connectivity index (χ4n) is 3.06. The number of amides is 1. The van der Waals surface area contributed by atoms with E-state index in [9.17, 15) is 17.6 Å². The summed E-state index contributed by atoms with van der Waals surface area (Å²) in [6.45, 7) is 2.27. The zero-order valence-electron chi connectivity index (χ0n) is 18.2. The SMILES string of the molecule is Cc1ccc(OCCNC(=O)c2ccc(N(Cc3ccccc3F)S(C)(=O)=O)cc2)cc1Cl. The van der Waals surface area contributed by atoms with Gasteiger partial charge in [0.2, 0.25) is 10.0 Å². The molecule has 0 atom stereocenters. The monoisotopic (exact) mass is 490 g/mol. The van der Waals surface area contributed by atoms with Gasteiger partial charge in [-0.15, -0.1) is 0 Å². The van der Waals surface area contributed by atoms with Gasteiger partial charge < -0.3 is 10.1 Å². The molecule has 0 unspecified atom stereocenters. The number of halogens is 2. The number of carbonyl (C=O) groups excluding carboxylic acids is 1. The Kier molecular flexibility index (Phi) is 7.94. The Labute approximate surface area is 198 Å². The van der Waals surface area contributed by atoms with Crippen LogP contribution in [0.4, 0.5) is 10.1 Å². The van der Waals surface area contributed by atoms with Crippen LogP contribution in [0, 0.1) is 12.7 Å². The predicted octanol–water partition coefficient (Wildman–Crippen LogP) is 4.56. The van der Waals surface area contributed by atoms with Crippen LogP contribution in [-0.4, -0.2) is 33.7 Å². The number of benzene rings is 3. The second-order valence-corrected chi connectivity index (χ2v) is 9.74. The van der Waals surface area contributed by atoms with E-state index in [1.165, 1.54) is 42.5 Å². The summed E-state index contributed by atoms with van der Waals surface area (Å²) < 4.78 is 45.3. The zero-order chi connectivity index (χ0) is 24.0. The molecular weight excluding hydrogens is 467 g/mol. The maximum Gasteiger partial charge on any atom is 0.251 e. The van der Waals surface area contributed by atoms with E-state index in [4.69, 9.17) is 16.3 Å². The van der Waals surface area contributed by atoms with E-state index in [0.717, 1.165) is 16.1 Å². The van der Waals surface area contributed by atoms with Crippen molar-refractivity contribution in [2.45, 2.75) is 13.5 Å². The predicted molar refractivity (Wildman–Crippen MR) is 128 cm³/mol. The molecule has 3 aromatic carbocycles. The molecule has 0 saturated carbocycles. The Morgan fingerprint density at radius 1 is 1.09 bits per heavy atom. The molecule has 0 aromatic heterocycles. The molecule has 0 aliphatic carbocycles. The zero-order valence-corrected chi connectivity index (χ0v) is 19.8. The van der Waals surface area contributed by atoms with Crippen molar-refractivity contribution in [1.29, 1.82) is 0 Å². The summed E-state index contributed by atoms with van der Waals surface area (Å²) in [5.74, 6) is -0.204. The first-order valence-corrected chi connectivity index (χ1v) is 12.4. The van der Waals surface area contributed by atoms with Gasteiger partial charge in [-0.3, -0.25) is 9.10 Å². The van der Waals surface area contributed by atoms with Gasteiger partial charge in [0.25, 0.3) is 5.91 Å². The number of hydrogen-bond donors (Lipinski definition) is 1. The lowest BCUT2D eigenvalue weighted by atomic mass is 10.1. The van der Waals surface area contributed by atoms with Crippen molar-refractivity contribution in [2.75, 3.05) is 23.7 Å². The first kappa shape index (κ1) is 24.5. The largest absolute Gasteiger partial charge is 0.492 e. The van der Waals surface area contributed by atoms with Crippen molar-refractivity contribution in [3.8, 4) is 5.75 Å². The molecule has 9 heteroatoms. The second-order valence-electron chi connectivity index (χ2n) is 7.42. The minimum absolute atomic E-state index is 0.155. The number of nitrogens with zero attached hydrogens (tertiary/aromatic N) is 1. The van der Waals surface area contributed by atoms with E-state index in [2.05, 4.69) is 5.32 Å². The van der Waals surface area contributed by atoms with Crippen LogP contribution in [0.3, 0.4) is 0 Å². The third kappa shape index (κ3) is 6.69. The molecular formula is C24H24ClFN2O4S. The molecule has 0 bridgehead atoms. The first-order valence-electron chi connectivity index (χ1n) is 10.1. The number of ether oxygens (including phenoxy) is 1. The fraction of sp³-hybridized carbons (Fsp3) is 0.208. The number of hydrogen-bond acceptors (Lipinski definition) is 4. The van der Waals surface area contributed by atoms with Crippen molar-refractivity contribution in [3.63, 3.8) is 0 Å². The van der Waals surface area contributed by atoms with Gasteiger partial charge in [-0.05, 0) is 55.0 Å². The Balaban J connectivity index is 1.60. The molecule has 0 fully saturated rings. The van der Waals surface area contributed by atoms with E-state index in [1.807, 2.05) is 13.0 Å². The number of anilines is 1.